The van der Waals surface area contributed by atoms with Gasteiger partial charge in [-0.15, -0.1) is 0 Å². The van der Waals surface area contributed by atoms with Gasteiger partial charge >= 0.3 is 0 Å². The molecule has 1 aliphatic heterocycles. The van der Waals surface area contributed by atoms with Crippen LogP contribution in [0.15, 0.2) is 52.5 Å². The molecule has 2 aromatic rings. The maximum absolute atomic E-state index is 12.8. The number of amides is 1. The Labute approximate surface area is 182 Å². The lowest BCUT2D eigenvalue weighted by atomic mass is 10.2. The Hall–Kier alpha value is -2.10. The Balaban J connectivity index is 1.50. The van der Waals surface area contributed by atoms with E-state index in [2.05, 4.69) is 10.3 Å². The molecule has 1 aliphatic rings. The summed E-state index contributed by atoms with van der Waals surface area (Å²) in [6.45, 7) is 1.54. The topological polar surface area (TPSA) is 88.6 Å². The molecule has 1 amide bonds. The molecule has 7 nitrogen and oxygen atoms in total. The number of thioether (sulfide) groups is 1. The van der Waals surface area contributed by atoms with Crippen LogP contribution in [0.3, 0.4) is 0 Å². The highest BCUT2D eigenvalue weighted by Crippen LogP contribution is 2.22. The van der Waals surface area contributed by atoms with E-state index in [4.69, 9.17) is 4.74 Å². The molecule has 1 aromatic carbocycles. The van der Waals surface area contributed by atoms with Crippen LogP contribution in [0, 0.1) is 0 Å². The number of hydrogen-bond donors (Lipinski definition) is 1. The molecule has 162 valence electrons. The first-order valence-corrected chi connectivity index (χ1v) is 12.4. The summed E-state index contributed by atoms with van der Waals surface area (Å²) in [5.41, 5.74) is 0.953. The molecule has 1 N–H and O–H groups in total. The Morgan fingerprint density at radius 3 is 2.60 bits per heavy atom. The van der Waals surface area contributed by atoms with Crippen molar-refractivity contribution < 1.29 is 17.9 Å². The molecule has 1 fully saturated rings. The second-order valence-corrected chi connectivity index (χ2v) is 10.0. The SMILES string of the molecule is COc1cccc(CNC(=O)CSc2ccc(S(=O)(=O)N3CCCCCC3)cn2)c1. The maximum Gasteiger partial charge on any atom is 0.244 e. The molecule has 3 rings (SSSR count). The van der Waals surface area contributed by atoms with Gasteiger partial charge in [0.05, 0.1) is 17.9 Å². The van der Waals surface area contributed by atoms with E-state index in [1.807, 2.05) is 24.3 Å². The Morgan fingerprint density at radius 1 is 1.17 bits per heavy atom. The van der Waals surface area contributed by atoms with Crippen LogP contribution in [0.2, 0.25) is 0 Å². The fourth-order valence-electron chi connectivity index (χ4n) is 3.21. The summed E-state index contributed by atoms with van der Waals surface area (Å²) >= 11 is 1.27. The molecule has 0 spiro atoms. The smallest absolute Gasteiger partial charge is 0.244 e. The Bertz CT molecular complexity index is 941. The molecule has 9 heteroatoms. The number of nitrogens with one attached hydrogen (secondary N) is 1. The summed E-state index contributed by atoms with van der Waals surface area (Å²) in [7, 11) is -1.90. The Kier molecular flexibility index (Phi) is 8.12. The predicted octanol–water partition coefficient (Wildman–Crippen LogP) is 3.06. The van der Waals surface area contributed by atoms with Crippen molar-refractivity contribution in [2.75, 3.05) is 26.0 Å². The number of methoxy groups -OCH3 is 1. The van der Waals surface area contributed by atoms with Crippen LogP contribution in [0.5, 0.6) is 5.75 Å². The largest absolute Gasteiger partial charge is 0.497 e. The van der Waals surface area contributed by atoms with Crippen LogP contribution in [0.4, 0.5) is 0 Å². The minimum absolute atomic E-state index is 0.120. The number of hydrogen-bond acceptors (Lipinski definition) is 6. The van der Waals surface area contributed by atoms with Crippen LogP contribution in [0.1, 0.15) is 31.2 Å². The van der Waals surface area contributed by atoms with Gasteiger partial charge in [-0.25, -0.2) is 13.4 Å². The number of sulfonamides is 1. The first-order chi connectivity index (χ1) is 14.5. The normalized spacial score (nSPS) is 15.4. The first kappa shape index (κ1) is 22.6. The third-order valence-electron chi connectivity index (χ3n) is 4.89. The fraction of sp³-hybridized carbons (Fsp3) is 0.429. The van der Waals surface area contributed by atoms with Crippen molar-refractivity contribution in [3.8, 4) is 5.75 Å². The number of carbonyl (C=O) groups excluding carboxylic acids is 1. The minimum atomic E-state index is -3.51. The molecule has 1 saturated heterocycles. The van der Waals surface area contributed by atoms with E-state index < -0.39 is 10.0 Å². The van der Waals surface area contributed by atoms with Crippen LogP contribution < -0.4 is 10.1 Å². The van der Waals surface area contributed by atoms with E-state index >= 15 is 0 Å². The lowest BCUT2D eigenvalue weighted by Gasteiger charge is -2.19. The zero-order valence-corrected chi connectivity index (χ0v) is 18.7. The number of carbonyl (C=O) groups is 1. The van der Waals surface area contributed by atoms with Crippen molar-refractivity contribution in [3.05, 3.63) is 48.2 Å². The van der Waals surface area contributed by atoms with Crippen LogP contribution in [-0.4, -0.2) is 49.6 Å². The molecule has 1 aromatic heterocycles. The average molecular weight is 450 g/mol. The summed E-state index contributed by atoms with van der Waals surface area (Å²) in [5, 5.41) is 3.47. The van der Waals surface area contributed by atoms with Gasteiger partial charge in [-0.05, 0) is 42.7 Å². The van der Waals surface area contributed by atoms with E-state index in [0.717, 1.165) is 37.0 Å². The standard InChI is InChI=1S/C21H27N3O4S2/c1-28-18-8-6-7-17(13-18)14-22-20(25)16-29-21-10-9-19(15-23-21)30(26,27)24-11-4-2-3-5-12-24/h6-10,13,15H,2-5,11-12,14,16H2,1H3,(H,22,25). The van der Waals surface area contributed by atoms with Crippen molar-refractivity contribution in [2.24, 2.45) is 0 Å². The van der Waals surface area contributed by atoms with Gasteiger partial charge in [0.1, 0.15) is 10.6 Å². The monoisotopic (exact) mass is 449 g/mol. The number of aromatic nitrogens is 1. The minimum Gasteiger partial charge on any atom is -0.497 e. The highest BCUT2D eigenvalue weighted by Gasteiger charge is 2.25. The lowest BCUT2D eigenvalue weighted by Crippen LogP contribution is -2.32. The van der Waals surface area contributed by atoms with Gasteiger partial charge in [0.2, 0.25) is 15.9 Å². The average Bonchev–Trinajstić information content (AvgIpc) is 3.07. The molecule has 0 saturated carbocycles. The molecule has 0 atom stereocenters. The highest BCUT2D eigenvalue weighted by molar-refractivity contribution is 7.99. The van der Waals surface area contributed by atoms with E-state index in [0.29, 0.717) is 24.7 Å². The summed E-state index contributed by atoms with van der Waals surface area (Å²) in [6.07, 6.45) is 5.31. The number of nitrogens with zero attached hydrogens (tertiary/aromatic N) is 2. The molecule has 0 unspecified atom stereocenters. The van der Waals surface area contributed by atoms with Gasteiger partial charge < -0.3 is 10.1 Å². The van der Waals surface area contributed by atoms with E-state index in [9.17, 15) is 13.2 Å². The van der Waals surface area contributed by atoms with Crippen LogP contribution in [-0.2, 0) is 21.4 Å². The lowest BCUT2D eigenvalue weighted by molar-refractivity contribution is -0.118. The van der Waals surface area contributed by atoms with Gasteiger partial charge in [-0.2, -0.15) is 4.31 Å². The van der Waals surface area contributed by atoms with Gasteiger partial charge in [0.25, 0.3) is 0 Å². The molecular formula is C21H27N3O4S2. The van der Waals surface area contributed by atoms with E-state index in [-0.39, 0.29) is 16.6 Å². The molecule has 2 heterocycles. The zero-order chi connectivity index (χ0) is 21.4. The third kappa shape index (κ3) is 6.20. The second-order valence-electron chi connectivity index (χ2n) is 7.07. The van der Waals surface area contributed by atoms with Crippen LogP contribution in [0.25, 0.3) is 0 Å². The number of benzene rings is 1. The van der Waals surface area contributed by atoms with Gasteiger partial charge in [-0.3, -0.25) is 4.79 Å². The number of ether oxygens (including phenoxy) is 1. The first-order valence-electron chi connectivity index (χ1n) is 9.97. The van der Waals surface area contributed by atoms with Crippen molar-refractivity contribution in [1.82, 2.24) is 14.6 Å². The van der Waals surface area contributed by atoms with E-state index in [1.165, 1.54) is 18.0 Å². The zero-order valence-electron chi connectivity index (χ0n) is 17.0. The molecule has 30 heavy (non-hydrogen) atoms. The summed E-state index contributed by atoms with van der Waals surface area (Å²) in [6, 6.07) is 10.7. The number of rotatable bonds is 8. The molecule has 0 bridgehead atoms. The van der Waals surface area contributed by atoms with Gasteiger partial charge in [-0.1, -0.05) is 36.7 Å². The summed E-state index contributed by atoms with van der Waals surface area (Å²) in [4.78, 5) is 16.6. The Morgan fingerprint density at radius 2 is 1.93 bits per heavy atom. The van der Waals surface area contributed by atoms with Crippen molar-refractivity contribution in [2.45, 2.75) is 42.1 Å². The van der Waals surface area contributed by atoms with Crippen molar-refractivity contribution >= 4 is 27.7 Å². The van der Waals surface area contributed by atoms with Crippen molar-refractivity contribution in [1.29, 1.82) is 0 Å². The maximum atomic E-state index is 12.8. The number of pyridine rings is 1. The predicted molar refractivity (Wildman–Crippen MR) is 117 cm³/mol. The molecule has 0 aliphatic carbocycles. The van der Waals surface area contributed by atoms with E-state index in [1.54, 1.807) is 23.5 Å². The van der Waals surface area contributed by atoms with Crippen LogP contribution >= 0.6 is 11.8 Å². The second kappa shape index (κ2) is 10.8. The fourth-order valence-corrected chi connectivity index (χ4v) is 5.34. The summed E-state index contributed by atoms with van der Waals surface area (Å²) < 4.78 is 32.3. The quantitative estimate of drug-likeness (QED) is 0.623. The summed E-state index contributed by atoms with van der Waals surface area (Å²) in [5.74, 6) is 0.830. The van der Waals surface area contributed by atoms with Gasteiger partial charge in [0, 0.05) is 25.8 Å². The highest BCUT2D eigenvalue weighted by atomic mass is 32.2. The van der Waals surface area contributed by atoms with Gasteiger partial charge in [0.15, 0.2) is 0 Å². The molecular weight excluding hydrogens is 422 g/mol. The third-order valence-corrected chi connectivity index (χ3v) is 7.71. The molecule has 0 radical (unpaired) electrons. The van der Waals surface area contributed by atoms with Crippen molar-refractivity contribution in [3.63, 3.8) is 0 Å².